The van der Waals surface area contributed by atoms with Gasteiger partial charge in [0.15, 0.2) is 0 Å². The fourth-order valence-corrected chi connectivity index (χ4v) is 4.98. The van der Waals surface area contributed by atoms with Gasteiger partial charge in [-0.25, -0.2) is 13.2 Å². The van der Waals surface area contributed by atoms with Crippen molar-refractivity contribution in [2.24, 2.45) is 0 Å². The van der Waals surface area contributed by atoms with Crippen molar-refractivity contribution in [1.29, 1.82) is 0 Å². The van der Waals surface area contributed by atoms with Gasteiger partial charge in [0.05, 0.1) is 29.6 Å². The number of ether oxygens (including phenoxy) is 1. The Morgan fingerprint density at radius 1 is 1.19 bits per heavy atom. The molecule has 0 spiro atoms. The van der Waals surface area contributed by atoms with Crippen LogP contribution in [0.4, 0.5) is 24.5 Å². The number of hydrogen-bond donors (Lipinski definition) is 2. The second-order valence-corrected chi connectivity index (χ2v) is 9.19. The number of benzene rings is 2. The smallest absolute Gasteiger partial charge is 0.416 e. The lowest BCUT2D eigenvalue weighted by Crippen LogP contribution is -2.38. The Balaban J connectivity index is 2.12. The predicted octanol–water partition coefficient (Wildman–Crippen LogP) is 4.59. The number of carbonyl (C=O) groups is 1. The van der Waals surface area contributed by atoms with Gasteiger partial charge in [0.2, 0.25) is 0 Å². The van der Waals surface area contributed by atoms with Crippen LogP contribution in [-0.4, -0.2) is 39.2 Å². The van der Waals surface area contributed by atoms with Crippen molar-refractivity contribution in [3.05, 3.63) is 47.5 Å². The van der Waals surface area contributed by atoms with E-state index in [9.17, 15) is 31.5 Å². The van der Waals surface area contributed by atoms with Crippen LogP contribution in [0.2, 0.25) is 0 Å². The Bertz CT molecular complexity index is 1120. The van der Waals surface area contributed by atoms with Gasteiger partial charge in [0, 0.05) is 12.6 Å². The fraction of sp³-hybridized carbons (Fsp3) is 0.381. The van der Waals surface area contributed by atoms with Crippen molar-refractivity contribution in [2.75, 3.05) is 23.3 Å². The molecule has 1 atom stereocenters. The van der Waals surface area contributed by atoms with Crippen LogP contribution in [0.25, 0.3) is 0 Å². The maximum Gasteiger partial charge on any atom is 0.416 e. The van der Waals surface area contributed by atoms with E-state index in [4.69, 9.17) is 4.74 Å². The summed E-state index contributed by atoms with van der Waals surface area (Å²) in [6, 6.07) is 6.19. The Kier molecular flexibility index (Phi) is 6.59. The van der Waals surface area contributed by atoms with Gasteiger partial charge in [-0.2, -0.15) is 13.2 Å². The van der Waals surface area contributed by atoms with Crippen LogP contribution in [0.1, 0.15) is 42.1 Å². The molecule has 32 heavy (non-hydrogen) atoms. The molecule has 2 aromatic rings. The quantitative estimate of drug-likeness (QED) is 0.639. The molecular formula is C21H23F3N2O5S. The number of aromatic carboxylic acids is 1. The summed E-state index contributed by atoms with van der Waals surface area (Å²) >= 11 is 0. The molecule has 3 rings (SSSR count). The molecule has 1 fully saturated rings. The van der Waals surface area contributed by atoms with E-state index < -0.39 is 32.6 Å². The number of carboxylic acid groups (broad SMARTS) is 1. The van der Waals surface area contributed by atoms with E-state index in [1.165, 1.54) is 25.3 Å². The van der Waals surface area contributed by atoms with Crippen LogP contribution in [-0.2, 0) is 16.2 Å². The normalized spacial score (nSPS) is 17.2. The van der Waals surface area contributed by atoms with E-state index in [0.717, 1.165) is 37.5 Å². The van der Waals surface area contributed by atoms with Gasteiger partial charge in [0.1, 0.15) is 10.6 Å². The van der Waals surface area contributed by atoms with Crippen molar-refractivity contribution >= 4 is 27.4 Å². The second-order valence-electron chi connectivity index (χ2n) is 7.54. The van der Waals surface area contributed by atoms with Crippen LogP contribution >= 0.6 is 0 Å². The van der Waals surface area contributed by atoms with E-state index in [2.05, 4.69) is 4.72 Å². The summed E-state index contributed by atoms with van der Waals surface area (Å²) in [7, 11) is -3.28. The van der Waals surface area contributed by atoms with E-state index in [1.807, 2.05) is 11.8 Å². The summed E-state index contributed by atoms with van der Waals surface area (Å²) in [4.78, 5) is 12.7. The number of sulfonamides is 1. The molecule has 7 nitrogen and oxygen atoms in total. The third kappa shape index (κ3) is 4.93. The van der Waals surface area contributed by atoms with E-state index >= 15 is 0 Å². The number of anilines is 2. The molecule has 1 aliphatic heterocycles. The van der Waals surface area contributed by atoms with Crippen LogP contribution in [0.15, 0.2) is 41.3 Å². The summed E-state index contributed by atoms with van der Waals surface area (Å²) in [5, 5.41) is 9.21. The third-order valence-corrected chi connectivity index (χ3v) is 6.77. The molecule has 0 unspecified atom stereocenters. The first kappa shape index (κ1) is 23.7. The van der Waals surface area contributed by atoms with Crippen molar-refractivity contribution in [2.45, 2.75) is 43.3 Å². The molecule has 1 heterocycles. The van der Waals surface area contributed by atoms with E-state index in [-0.39, 0.29) is 23.0 Å². The zero-order valence-electron chi connectivity index (χ0n) is 17.4. The first-order valence-corrected chi connectivity index (χ1v) is 11.3. The molecule has 0 amide bonds. The van der Waals surface area contributed by atoms with Crippen molar-refractivity contribution in [3.63, 3.8) is 0 Å². The van der Waals surface area contributed by atoms with Gasteiger partial charge in [0.25, 0.3) is 10.0 Å². The molecular weight excluding hydrogens is 449 g/mol. The molecule has 174 valence electrons. The van der Waals surface area contributed by atoms with Gasteiger partial charge in [-0.05, 0) is 62.6 Å². The third-order valence-electron chi connectivity index (χ3n) is 5.38. The van der Waals surface area contributed by atoms with Gasteiger partial charge < -0.3 is 14.7 Å². The number of alkyl halides is 3. The highest BCUT2D eigenvalue weighted by molar-refractivity contribution is 7.92. The summed E-state index contributed by atoms with van der Waals surface area (Å²) in [6.45, 7) is 2.49. The average Bonchev–Trinajstić information content (AvgIpc) is 2.73. The minimum Gasteiger partial charge on any atom is -0.495 e. The lowest BCUT2D eigenvalue weighted by atomic mass is 10.0. The molecule has 0 saturated carbocycles. The number of halogens is 3. The van der Waals surface area contributed by atoms with Crippen molar-refractivity contribution < 1.29 is 36.2 Å². The maximum atomic E-state index is 13.4. The minimum absolute atomic E-state index is 0.00798. The van der Waals surface area contributed by atoms with E-state index in [1.54, 1.807) is 0 Å². The minimum atomic E-state index is -4.67. The number of carboxylic acids is 1. The SMILES string of the molecule is COc1ccc(C(=O)O)cc1S(=O)(=O)Nc1cc(C(F)(F)F)ccc1N1CCCC[C@H]1C. The van der Waals surface area contributed by atoms with Gasteiger partial charge >= 0.3 is 12.1 Å². The fourth-order valence-electron chi connectivity index (χ4n) is 3.72. The second kappa shape index (κ2) is 8.89. The first-order chi connectivity index (χ1) is 14.9. The molecule has 1 saturated heterocycles. The topological polar surface area (TPSA) is 95.9 Å². The van der Waals surface area contributed by atoms with Crippen molar-refractivity contribution in [1.82, 2.24) is 0 Å². The summed E-state index contributed by atoms with van der Waals surface area (Å²) < 4.78 is 73.7. The largest absolute Gasteiger partial charge is 0.495 e. The Hall–Kier alpha value is -2.95. The number of nitrogens with zero attached hydrogens (tertiary/aromatic N) is 1. The molecule has 0 radical (unpaired) electrons. The van der Waals surface area contributed by atoms with Crippen LogP contribution in [0.3, 0.4) is 0 Å². The molecule has 0 bridgehead atoms. The molecule has 0 aromatic heterocycles. The number of nitrogens with one attached hydrogen (secondary N) is 1. The number of hydrogen-bond acceptors (Lipinski definition) is 5. The summed E-state index contributed by atoms with van der Waals surface area (Å²) in [5.74, 6) is -1.49. The highest BCUT2D eigenvalue weighted by Crippen LogP contribution is 2.39. The van der Waals surface area contributed by atoms with Crippen LogP contribution in [0, 0.1) is 0 Å². The van der Waals surface area contributed by atoms with Gasteiger partial charge in [-0.1, -0.05) is 0 Å². The Morgan fingerprint density at radius 3 is 2.50 bits per heavy atom. The first-order valence-electron chi connectivity index (χ1n) is 9.86. The maximum absolute atomic E-state index is 13.4. The number of rotatable bonds is 6. The highest BCUT2D eigenvalue weighted by Gasteiger charge is 2.33. The summed E-state index contributed by atoms with van der Waals surface area (Å²) in [5.41, 5.74) is -1.23. The molecule has 2 aromatic carbocycles. The zero-order valence-corrected chi connectivity index (χ0v) is 18.3. The van der Waals surface area contributed by atoms with Crippen LogP contribution in [0.5, 0.6) is 5.75 Å². The van der Waals surface area contributed by atoms with E-state index in [0.29, 0.717) is 12.2 Å². The average molecular weight is 472 g/mol. The summed E-state index contributed by atoms with van der Waals surface area (Å²) in [6.07, 6.45) is -2.06. The highest BCUT2D eigenvalue weighted by atomic mass is 32.2. The molecule has 0 aliphatic carbocycles. The predicted molar refractivity (Wildman–Crippen MR) is 113 cm³/mol. The van der Waals surface area contributed by atoms with Crippen LogP contribution < -0.4 is 14.4 Å². The van der Waals surface area contributed by atoms with Gasteiger partial charge in [-0.3, -0.25) is 4.72 Å². The molecule has 2 N–H and O–H groups in total. The lowest BCUT2D eigenvalue weighted by molar-refractivity contribution is -0.137. The molecule has 1 aliphatic rings. The lowest BCUT2D eigenvalue weighted by Gasteiger charge is -2.36. The standard InChI is InChI=1S/C21H23F3N2O5S/c1-13-5-3-4-10-26(13)17-8-7-15(21(22,23)24)12-16(17)25-32(29,30)19-11-14(20(27)28)6-9-18(19)31-2/h6-9,11-13,25H,3-5,10H2,1-2H3,(H,27,28)/t13-/m1/s1. The van der Waals surface area contributed by atoms with Gasteiger partial charge in [-0.15, -0.1) is 0 Å². The number of methoxy groups -OCH3 is 1. The zero-order chi connectivity index (χ0) is 23.7. The monoisotopic (exact) mass is 472 g/mol. The molecule has 11 heteroatoms. The van der Waals surface area contributed by atoms with Crippen molar-refractivity contribution in [3.8, 4) is 5.75 Å². The Labute approximate surface area is 183 Å². The number of piperidine rings is 1. The Morgan fingerprint density at radius 2 is 1.91 bits per heavy atom.